The average Bonchev–Trinajstić information content (AvgIpc) is 2.33. The molecule has 0 unspecified atom stereocenters. The van der Waals surface area contributed by atoms with Crippen molar-refractivity contribution in [3.05, 3.63) is 23.8 Å². The number of phenols is 1. The Hall–Kier alpha value is -1.71. The predicted octanol–water partition coefficient (Wildman–Crippen LogP) is 3.16. The molecule has 94 valence electrons. The number of aromatic hydroxyl groups is 1. The largest absolute Gasteiger partial charge is 0.507 e. The molecule has 0 amide bonds. The molecule has 0 aliphatic rings. The summed E-state index contributed by atoms with van der Waals surface area (Å²) in [4.78, 5) is 0. The Morgan fingerprint density at radius 2 is 2.12 bits per heavy atom. The number of benzene rings is 1. The Labute approximate surface area is 102 Å². The Kier molecular flexibility index (Phi) is 5.93. The first-order valence-corrected chi connectivity index (χ1v) is 5.91. The summed E-state index contributed by atoms with van der Waals surface area (Å²) in [6, 6.07) is 4.87. The molecule has 0 saturated carbocycles. The van der Waals surface area contributed by atoms with E-state index in [1.54, 1.807) is 12.1 Å². The summed E-state index contributed by atoms with van der Waals surface area (Å²) in [6.45, 7) is 2.84. The first kappa shape index (κ1) is 13.4. The summed E-state index contributed by atoms with van der Waals surface area (Å²) < 4.78 is 5.54. The van der Waals surface area contributed by atoms with Gasteiger partial charge in [0.2, 0.25) is 0 Å². The van der Waals surface area contributed by atoms with Crippen LogP contribution >= 0.6 is 0 Å². The third-order valence-electron chi connectivity index (χ3n) is 2.46. The maximum atomic E-state index is 9.45. The first-order valence-electron chi connectivity index (χ1n) is 5.91. The molecule has 0 aliphatic heterocycles. The number of nitrogens with zero attached hydrogens (tertiary/aromatic N) is 1. The highest BCUT2D eigenvalue weighted by Crippen LogP contribution is 2.21. The van der Waals surface area contributed by atoms with Crippen molar-refractivity contribution in [2.24, 2.45) is 5.16 Å². The van der Waals surface area contributed by atoms with Gasteiger partial charge < -0.3 is 15.1 Å². The van der Waals surface area contributed by atoms with Gasteiger partial charge in [-0.15, -0.1) is 0 Å². The quantitative estimate of drug-likeness (QED) is 0.331. The molecule has 0 aliphatic carbocycles. The van der Waals surface area contributed by atoms with Crippen molar-refractivity contribution in [3.63, 3.8) is 0 Å². The number of ether oxygens (including phenoxy) is 1. The van der Waals surface area contributed by atoms with E-state index in [4.69, 9.17) is 9.94 Å². The lowest BCUT2D eigenvalue weighted by atomic mass is 10.2. The molecule has 1 aromatic rings. The monoisotopic (exact) mass is 237 g/mol. The summed E-state index contributed by atoms with van der Waals surface area (Å²) >= 11 is 0. The minimum Gasteiger partial charge on any atom is -0.507 e. The van der Waals surface area contributed by atoms with Gasteiger partial charge in [0.05, 0.1) is 12.8 Å². The van der Waals surface area contributed by atoms with Gasteiger partial charge in [-0.1, -0.05) is 31.3 Å². The molecule has 0 saturated heterocycles. The van der Waals surface area contributed by atoms with Crippen LogP contribution in [0.15, 0.2) is 23.4 Å². The van der Waals surface area contributed by atoms with Gasteiger partial charge in [-0.05, 0) is 24.6 Å². The summed E-state index contributed by atoms with van der Waals surface area (Å²) in [5.41, 5.74) is 0.443. The van der Waals surface area contributed by atoms with Crippen molar-refractivity contribution in [3.8, 4) is 11.5 Å². The maximum Gasteiger partial charge on any atom is 0.124 e. The fraction of sp³-hybridized carbons (Fsp3) is 0.462. The van der Waals surface area contributed by atoms with Gasteiger partial charge in [0.25, 0.3) is 0 Å². The summed E-state index contributed by atoms with van der Waals surface area (Å²) in [5, 5.41) is 20.8. The van der Waals surface area contributed by atoms with E-state index in [0.29, 0.717) is 17.9 Å². The van der Waals surface area contributed by atoms with Gasteiger partial charge >= 0.3 is 0 Å². The van der Waals surface area contributed by atoms with Crippen LogP contribution in [0.4, 0.5) is 0 Å². The normalized spacial score (nSPS) is 10.9. The lowest BCUT2D eigenvalue weighted by molar-refractivity contribution is 0.304. The molecule has 2 N–H and O–H groups in total. The molecule has 0 aromatic heterocycles. The molecule has 1 aromatic carbocycles. The zero-order chi connectivity index (χ0) is 12.5. The second-order valence-corrected chi connectivity index (χ2v) is 3.87. The summed E-state index contributed by atoms with van der Waals surface area (Å²) in [7, 11) is 0. The predicted molar refractivity (Wildman–Crippen MR) is 67.1 cm³/mol. The Morgan fingerprint density at radius 3 is 2.82 bits per heavy atom. The van der Waals surface area contributed by atoms with Gasteiger partial charge in [-0.3, -0.25) is 0 Å². The molecule has 4 heteroatoms. The fourth-order valence-corrected chi connectivity index (χ4v) is 1.51. The highest BCUT2D eigenvalue weighted by molar-refractivity contribution is 5.83. The summed E-state index contributed by atoms with van der Waals surface area (Å²) in [5.74, 6) is 0.746. The number of phenolic OH excluding ortho intramolecular Hbond substituents is 1. The molecule has 0 heterocycles. The highest BCUT2D eigenvalue weighted by atomic mass is 16.5. The number of hydrogen-bond donors (Lipinski definition) is 2. The minimum atomic E-state index is 0.0705. The van der Waals surface area contributed by atoms with Gasteiger partial charge in [0.15, 0.2) is 0 Å². The lowest BCUT2D eigenvalue weighted by Gasteiger charge is -2.07. The van der Waals surface area contributed by atoms with Crippen molar-refractivity contribution in [2.75, 3.05) is 6.61 Å². The topological polar surface area (TPSA) is 62.0 Å². The third-order valence-corrected chi connectivity index (χ3v) is 2.46. The van der Waals surface area contributed by atoms with E-state index >= 15 is 0 Å². The van der Waals surface area contributed by atoms with E-state index in [-0.39, 0.29) is 5.75 Å². The van der Waals surface area contributed by atoms with Crippen LogP contribution in [0.2, 0.25) is 0 Å². The van der Waals surface area contributed by atoms with E-state index in [9.17, 15) is 5.11 Å². The zero-order valence-corrected chi connectivity index (χ0v) is 10.1. The molecule has 0 fully saturated rings. The van der Waals surface area contributed by atoms with Crippen molar-refractivity contribution >= 4 is 6.21 Å². The van der Waals surface area contributed by atoms with Crippen molar-refractivity contribution in [1.82, 2.24) is 0 Å². The number of oxime groups is 1. The van der Waals surface area contributed by atoms with Crippen LogP contribution < -0.4 is 4.74 Å². The van der Waals surface area contributed by atoms with E-state index in [1.807, 2.05) is 0 Å². The molecule has 17 heavy (non-hydrogen) atoms. The molecule has 0 radical (unpaired) electrons. The molecule has 1 rings (SSSR count). The van der Waals surface area contributed by atoms with Crippen molar-refractivity contribution in [2.45, 2.75) is 32.6 Å². The highest BCUT2D eigenvalue weighted by Gasteiger charge is 2.01. The number of rotatable bonds is 7. The van der Waals surface area contributed by atoms with Crippen molar-refractivity contribution < 1.29 is 15.1 Å². The molecule has 0 bridgehead atoms. The van der Waals surface area contributed by atoms with Crippen molar-refractivity contribution in [1.29, 1.82) is 0 Å². The van der Waals surface area contributed by atoms with Crippen LogP contribution in [0.1, 0.15) is 38.2 Å². The SMILES string of the molecule is CCCCCCOc1ccc(O)c(C=NO)c1. The molecule has 0 atom stereocenters. The standard InChI is InChI=1S/C13H19NO3/c1-2-3-4-5-8-17-12-6-7-13(15)11(9-12)10-14-16/h6-7,9-10,15-16H,2-5,8H2,1H3. The van der Waals surface area contributed by atoms with Gasteiger partial charge in [-0.2, -0.15) is 0 Å². The van der Waals surface area contributed by atoms with Crippen LogP contribution in [0.25, 0.3) is 0 Å². The maximum absolute atomic E-state index is 9.45. The van der Waals surface area contributed by atoms with Gasteiger partial charge in [0, 0.05) is 5.56 Å². The summed E-state index contributed by atoms with van der Waals surface area (Å²) in [6.07, 6.45) is 5.80. The van der Waals surface area contributed by atoms with E-state index in [0.717, 1.165) is 6.42 Å². The van der Waals surface area contributed by atoms with Crippen LogP contribution in [0.3, 0.4) is 0 Å². The first-order chi connectivity index (χ1) is 8.27. The van der Waals surface area contributed by atoms with E-state index < -0.39 is 0 Å². The molecular formula is C13H19NO3. The van der Waals surface area contributed by atoms with Crippen LogP contribution in [0, 0.1) is 0 Å². The Balaban J connectivity index is 2.46. The minimum absolute atomic E-state index is 0.0705. The Morgan fingerprint density at radius 1 is 1.29 bits per heavy atom. The third kappa shape index (κ3) is 4.76. The van der Waals surface area contributed by atoms with Crippen LogP contribution in [0.5, 0.6) is 11.5 Å². The average molecular weight is 237 g/mol. The second kappa shape index (κ2) is 7.54. The van der Waals surface area contributed by atoms with Crippen LogP contribution in [-0.4, -0.2) is 23.1 Å². The molecule has 4 nitrogen and oxygen atoms in total. The fourth-order valence-electron chi connectivity index (χ4n) is 1.51. The molecular weight excluding hydrogens is 218 g/mol. The van der Waals surface area contributed by atoms with Gasteiger partial charge in [0.1, 0.15) is 11.5 Å². The molecule has 0 spiro atoms. The zero-order valence-electron chi connectivity index (χ0n) is 10.1. The number of unbranched alkanes of at least 4 members (excludes halogenated alkanes) is 3. The number of hydrogen-bond acceptors (Lipinski definition) is 4. The van der Waals surface area contributed by atoms with Crippen LogP contribution in [-0.2, 0) is 0 Å². The Bertz CT molecular complexity index is 364. The second-order valence-electron chi connectivity index (χ2n) is 3.87. The van der Waals surface area contributed by atoms with Gasteiger partial charge in [-0.25, -0.2) is 0 Å². The van der Waals surface area contributed by atoms with E-state index in [1.165, 1.54) is 31.5 Å². The van der Waals surface area contributed by atoms with E-state index in [2.05, 4.69) is 12.1 Å². The smallest absolute Gasteiger partial charge is 0.124 e. The lowest BCUT2D eigenvalue weighted by Crippen LogP contribution is -1.97.